The van der Waals surface area contributed by atoms with Crippen LogP contribution in [0.4, 0.5) is 11.4 Å². The summed E-state index contributed by atoms with van der Waals surface area (Å²) in [5.41, 5.74) is 5.03. The maximum Gasteiger partial charge on any atom is 0.248 e. The Morgan fingerprint density at radius 1 is 1.00 bits per heavy atom. The van der Waals surface area contributed by atoms with Crippen LogP contribution in [0.2, 0.25) is 0 Å². The minimum absolute atomic E-state index is 0.337. The van der Waals surface area contributed by atoms with Gasteiger partial charge in [0.1, 0.15) is 6.04 Å². The van der Waals surface area contributed by atoms with Gasteiger partial charge in [0.25, 0.3) is 0 Å². The number of amides is 1. The van der Waals surface area contributed by atoms with Crippen molar-refractivity contribution in [2.75, 3.05) is 15.9 Å². The Kier molecular flexibility index (Phi) is 6.31. The molecule has 6 heteroatoms. The average Bonchev–Trinajstić information content (AvgIpc) is 2.56. The first-order valence-electron chi connectivity index (χ1n) is 8.99. The first-order valence-corrected chi connectivity index (χ1v) is 10.8. The number of hydrogen-bond donors (Lipinski definition) is 1. The highest BCUT2D eigenvalue weighted by molar-refractivity contribution is 7.92. The predicted octanol–water partition coefficient (Wildman–Crippen LogP) is 4.10. The van der Waals surface area contributed by atoms with Gasteiger partial charge in [0, 0.05) is 5.69 Å². The lowest BCUT2D eigenvalue weighted by molar-refractivity contribution is -0.117. The normalized spacial score (nSPS) is 12.5. The van der Waals surface area contributed by atoms with Gasteiger partial charge >= 0.3 is 0 Å². The Hall–Kier alpha value is -2.34. The molecule has 5 nitrogen and oxygen atoms in total. The van der Waals surface area contributed by atoms with E-state index < -0.39 is 16.1 Å². The van der Waals surface area contributed by atoms with Gasteiger partial charge in [0.05, 0.1) is 11.9 Å². The van der Waals surface area contributed by atoms with Crippen molar-refractivity contribution in [3.8, 4) is 0 Å². The van der Waals surface area contributed by atoms with E-state index in [-0.39, 0.29) is 5.91 Å². The molecule has 0 spiro atoms. The Morgan fingerprint density at radius 2 is 1.59 bits per heavy atom. The maximum absolute atomic E-state index is 13.0. The molecule has 2 aromatic carbocycles. The number of sulfonamides is 1. The quantitative estimate of drug-likeness (QED) is 0.810. The van der Waals surface area contributed by atoms with Gasteiger partial charge in [-0.3, -0.25) is 9.10 Å². The molecule has 0 bridgehead atoms. The van der Waals surface area contributed by atoms with Crippen LogP contribution >= 0.6 is 0 Å². The molecule has 2 rings (SSSR count). The molecule has 1 amide bonds. The van der Waals surface area contributed by atoms with Crippen molar-refractivity contribution in [2.45, 2.75) is 47.1 Å². The molecule has 1 atom stereocenters. The van der Waals surface area contributed by atoms with Gasteiger partial charge in [-0.25, -0.2) is 8.42 Å². The summed E-state index contributed by atoms with van der Waals surface area (Å²) in [7, 11) is -3.65. The van der Waals surface area contributed by atoms with E-state index in [1.807, 2.05) is 71.0 Å². The smallest absolute Gasteiger partial charge is 0.248 e. The van der Waals surface area contributed by atoms with Crippen LogP contribution < -0.4 is 9.62 Å². The Balaban J connectivity index is 2.46. The van der Waals surface area contributed by atoms with Gasteiger partial charge in [-0.15, -0.1) is 0 Å². The van der Waals surface area contributed by atoms with E-state index in [9.17, 15) is 13.2 Å². The van der Waals surface area contributed by atoms with Gasteiger partial charge in [-0.1, -0.05) is 36.8 Å². The average molecular weight is 389 g/mol. The first kappa shape index (κ1) is 21.0. The third kappa shape index (κ3) is 4.89. The van der Waals surface area contributed by atoms with Gasteiger partial charge in [-0.05, 0) is 62.9 Å². The second-order valence-electron chi connectivity index (χ2n) is 7.08. The van der Waals surface area contributed by atoms with Crippen LogP contribution in [0.1, 0.15) is 35.6 Å². The number of carbonyl (C=O) groups excluding carboxylic acids is 1. The molecule has 27 heavy (non-hydrogen) atoms. The zero-order valence-corrected chi connectivity index (χ0v) is 17.6. The molecule has 2 aromatic rings. The van der Waals surface area contributed by atoms with Crippen LogP contribution in [0.3, 0.4) is 0 Å². The topological polar surface area (TPSA) is 66.5 Å². The van der Waals surface area contributed by atoms with Gasteiger partial charge in [-0.2, -0.15) is 0 Å². The summed E-state index contributed by atoms with van der Waals surface area (Å²) in [6.07, 6.45) is 1.50. The van der Waals surface area contributed by atoms with Crippen molar-refractivity contribution in [2.24, 2.45) is 0 Å². The lowest BCUT2D eigenvalue weighted by atomic mass is 10.1. The maximum atomic E-state index is 13.0. The van der Waals surface area contributed by atoms with E-state index >= 15 is 0 Å². The summed E-state index contributed by atoms with van der Waals surface area (Å²) < 4.78 is 26.5. The molecular formula is C21H28N2O3S. The molecule has 0 saturated carbocycles. The number of nitrogens with zero attached hydrogens (tertiary/aromatic N) is 1. The summed E-state index contributed by atoms with van der Waals surface area (Å²) in [5.74, 6) is -0.337. The number of benzene rings is 2. The van der Waals surface area contributed by atoms with Crippen molar-refractivity contribution < 1.29 is 13.2 Å². The number of rotatable bonds is 6. The van der Waals surface area contributed by atoms with Crippen molar-refractivity contribution in [3.05, 3.63) is 58.7 Å². The minimum Gasteiger partial charge on any atom is -0.324 e. The number of nitrogens with one attached hydrogen (secondary N) is 1. The molecule has 0 aliphatic carbocycles. The van der Waals surface area contributed by atoms with Crippen LogP contribution in [0, 0.1) is 27.7 Å². The first-order chi connectivity index (χ1) is 12.5. The molecule has 0 aliphatic rings. The van der Waals surface area contributed by atoms with E-state index in [4.69, 9.17) is 0 Å². The van der Waals surface area contributed by atoms with Crippen LogP contribution in [-0.2, 0) is 14.8 Å². The molecule has 0 radical (unpaired) electrons. The molecule has 0 unspecified atom stereocenters. The van der Waals surface area contributed by atoms with Crippen molar-refractivity contribution >= 4 is 27.3 Å². The number of carbonyl (C=O) groups is 1. The lowest BCUT2D eigenvalue weighted by Crippen LogP contribution is -2.47. The Morgan fingerprint density at radius 3 is 2.15 bits per heavy atom. The zero-order valence-electron chi connectivity index (χ0n) is 16.8. The molecule has 0 aliphatic heterocycles. The minimum atomic E-state index is -3.65. The van der Waals surface area contributed by atoms with Crippen LogP contribution in [0.15, 0.2) is 36.4 Å². The molecule has 0 heterocycles. The fourth-order valence-electron chi connectivity index (χ4n) is 3.16. The third-order valence-electron chi connectivity index (χ3n) is 4.57. The Labute approximate surface area is 162 Å². The van der Waals surface area contributed by atoms with E-state index in [1.54, 1.807) is 0 Å². The zero-order chi connectivity index (χ0) is 20.4. The fourth-order valence-corrected chi connectivity index (χ4v) is 4.42. The third-order valence-corrected chi connectivity index (χ3v) is 5.74. The highest BCUT2D eigenvalue weighted by atomic mass is 32.2. The molecule has 146 valence electrons. The van der Waals surface area contributed by atoms with E-state index in [0.29, 0.717) is 17.8 Å². The van der Waals surface area contributed by atoms with Crippen molar-refractivity contribution in [1.82, 2.24) is 0 Å². The van der Waals surface area contributed by atoms with Crippen molar-refractivity contribution in [1.29, 1.82) is 0 Å². The largest absolute Gasteiger partial charge is 0.324 e. The molecular weight excluding hydrogens is 360 g/mol. The Bertz CT molecular complexity index is 952. The summed E-state index contributed by atoms with van der Waals surface area (Å²) >= 11 is 0. The van der Waals surface area contributed by atoms with E-state index in [1.165, 1.54) is 4.31 Å². The number of hydrogen-bond acceptors (Lipinski definition) is 3. The molecule has 0 aromatic heterocycles. The highest BCUT2D eigenvalue weighted by Gasteiger charge is 2.32. The fraction of sp³-hybridized carbons (Fsp3) is 0.381. The highest BCUT2D eigenvalue weighted by Crippen LogP contribution is 2.28. The SMILES string of the molecule is CC[C@@H](C(=O)Nc1ccc(C)cc1C)N(c1cc(C)ccc1C)S(C)(=O)=O. The van der Waals surface area contributed by atoms with Gasteiger partial charge in [0.15, 0.2) is 0 Å². The van der Waals surface area contributed by atoms with Crippen LogP contribution in [-0.4, -0.2) is 26.6 Å². The second kappa shape index (κ2) is 8.13. The predicted molar refractivity (Wildman–Crippen MR) is 112 cm³/mol. The summed E-state index contributed by atoms with van der Waals surface area (Å²) in [6.45, 7) is 9.47. The van der Waals surface area contributed by atoms with Gasteiger partial charge < -0.3 is 5.32 Å². The second-order valence-corrected chi connectivity index (χ2v) is 8.94. The lowest BCUT2D eigenvalue weighted by Gasteiger charge is -2.31. The number of aryl methyl sites for hydroxylation is 4. The summed E-state index contributed by atoms with van der Waals surface area (Å²) in [5, 5.41) is 2.90. The van der Waals surface area contributed by atoms with E-state index in [0.717, 1.165) is 28.5 Å². The summed E-state index contributed by atoms with van der Waals surface area (Å²) in [4.78, 5) is 13.0. The standard InChI is InChI=1S/C21H28N2O3S/c1-7-19(21(24)22-18-11-9-14(2)12-17(18)5)23(27(6,25)26)20-13-15(3)8-10-16(20)4/h8-13,19H,7H2,1-6H3,(H,22,24)/t19-/m0/s1. The molecule has 1 N–H and O–H groups in total. The van der Waals surface area contributed by atoms with Crippen LogP contribution in [0.5, 0.6) is 0 Å². The van der Waals surface area contributed by atoms with Crippen LogP contribution in [0.25, 0.3) is 0 Å². The van der Waals surface area contributed by atoms with E-state index in [2.05, 4.69) is 5.32 Å². The number of anilines is 2. The molecule has 0 saturated heterocycles. The van der Waals surface area contributed by atoms with Crippen molar-refractivity contribution in [3.63, 3.8) is 0 Å². The monoisotopic (exact) mass is 388 g/mol. The summed E-state index contributed by atoms with van der Waals surface area (Å²) in [6, 6.07) is 10.5. The molecule has 0 fully saturated rings. The van der Waals surface area contributed by atoms with Gasteiger partial charge in [0.2, 0.25) is 15.9 Å².